The summed E-state index contributed by atoms with van der Waals surface area (Å²) in [6, 6.07) is 18.6. The molecule has 2 rings (SSSR count). The molecule has 0 saturated carbocycles. The zero-order valence-corrected chi connectivity index (χ0v) is 8.73. The van der Waals surface area contributed by atoms with Crippen LogP contribution >= 0.6 is 0 Å². The molecule has 2 aromatic carbocycles. The van der Waals surface area contributed by atoms with E-state index >= 15 is 0 Å². The van der Waals surface area contributed by atoms with Gasteiger partial charge in [0.05, 0.1) is 0 Å². The third-order valence-electron chi connectivity index (χ3n) is 2.27. The van der Waals surface area contributed by atoms with Crippen molar-refractivity contribution < 1.29 is 4.74 Å². The first-order valence-corrected chi connectivity index (χ1v) is 5.12. The number of rotatable bonds is 3. The molecule has 2 aromatic rings. The summed E-state index contributed by atoms with van der Waals surface area (Å²) in [5.74, 6) is 1.79. The summed E-state index contributed by atoms with van der Waals surface area (Å²) in [6.45, 7) is 2.13. The Labute approximate surface area is 90.3 Å². The van der Waals surface area contributed by atoms with Crippen molar-refractivity contribution >= 4 is 0 Å². The summed E-state index contributed by atoms with van der Waals surface area (Å²) in [5.41, 5.74) is 1.23. The molecular weight excluding hydrogens is 184 g/mol. The van der Waals surface area contributed by atoms with E-state index in [9.17, 15) is 0 Å². The van der Waals surface area contributed by atoms with E-state index in [1.807, 2.05) is 42.5 Å². The number of hydrogen-bond donors (Lipinski definition) is 0. The van der Waals surface area contributed by atoms with E-state index in [-0.39, 0.29) is 0 Å². The van der Waals surface area contributed by atoms with Crippen molar-refractivity contribution in [2.24, 2.45) is 0 Å². The highest BCUT2D eigenvalue weighted by molar-refractivity contribution is 5.37. The molecule has 0 heterocycles. The van der Waals surface area contributed by atoms with E-state index < -0.39 is 0 Å². The molecule has 0 atom stereocenters. The van der Waals surface area contributed by atoms with Crippen molar-refractivity contribution in [2.45, 2.75) is 13.3 Å². The number of benzene rings is 2. The van der Waals surface area contributed by atoms with Crippen molar-refractivity contribution in [3.8, 4) is 11.5 Å². The Kier molecular flexibility index (Phi) is 3.03. The van der Waals surface area contributed by atoms with Gasteiger partial charge in [-0.1, -0.05) is 37.3 Å². The molecule has 75 valence electrons. The summed E-state index contributed by atoms with van der Waals surface area (Å²) in [4.78, 5) is 0. The second kappa shape index (κ2) is 4.65. The number of hydrogen-bond acceptors (Lipinski definition) is 1. The lowest BCUT2D eigenvalue weighted by atomic mass is 10.1. The van der Waals surface area contributed by atoms with Gasteiger partial charge in [-0.05, 0) is 36.2 Å². The minimum atomic E-state index is 0.856. The third kappa shape index (κ3) is 2.38. The molecule has 0 spiro atoms. The lowest BCUT2D eigenvalue weighted by Gasteiger charge is -2.09. The monoisotopic (exact) mass is 197 g/mol. The minimum absolute atomic E-state index is 0.856. The fourth-order valence-corrected chi connectivity index (χ4v) is 1.46. The summed E-state index contributed by atoms with van der Waals surface area (Å²) in [6.07, 6.45) is 0.981. The fourth-order valence-electron chi connectivity index (χ4n) is 1.46. The Hall–Kier alpha value is -1.76. The first-order chi connectivity index (χ1) is 7.40. The van der Waals surface area contributed by atoms with Gasteiger partial charge in [0.2, 0.25) is 0 Å². The summed E-state index contributed by atoms with van der Waals surface area (Å²) < 4.78 is 5.78. The molecular formula is C14H13O. The van der Waals surface area contributed by atoms with Gasteiger partial charge in [-0.15, -0.1) is 0 Å². The highest BCUT2D eigenvalue weighted by Crippen LogP contribution is 2.24. The minimum Gasteiger partial charge on any atom is -0.457 e. The van der Waals surface area contributed by atoms with E-state index in [1.54, 1.807) is 0 Å². The van der Waals surface area contributed by atoms with Crippen LogP contribution in [0.3, 0.4) is 0 Å². The maximum absolute atomic E-state index is 5.78. The van der Waals surface area contributed by atoms with Gasteiger partial charge in [-0.25, -0.2) is 0 Å². The van der Waals surface area contributed by atoms with E-state index in [0.29, 0.717) is 0 Å². The maximum atomic E-state index is 5.78. The van der Waals surface area contributed by atoms with Gasteiger partial charge in [0.25, 0.3) is 0 Å². The van der Waals surface area contributed by atoms with Crippen LogP contribution in [0.2, 0.25) is 0 Å². The van der Waals surface area contributed by atoms with Crippen molar-refractivity contribution in [1.82, 2.24) is 0 Å². The molecule has 0 amide bonds. The van der Waals surface area contributed by atoms with E-state index in [0.717, 1.165) is 17.9 Å². The highest BCUT2D eigenvalue weighted by Gasteiger charge is 2.01. The Morgan fingerprint density at radius 1 is 1.07 bits per heavy atom. The predicted octanol–water partition coefficient (Wildman–Crippen LogP) is 3.84. The first-order valence-electron chi connectivity index (χ1n) is 5.12. The molecule has 0 N–H and O–H groups in total. The van der Waals surface area contributed by atoms with E-state index in [1.165, 1.54) is 5.56 Å². The third-order valence-corrected chi connectivity index (χ3v) is 2.27. The second-order valence-electron chi connectivity index (χ2n) is 3.30. The predicted molar refractivity (Wildman–Crippen MR) is 61.2 cm³/mol. The molecule has 0 bridgehead atoms. The fraction of sp³-hybridized carbons (Fsp3) is 0.143. The van der Waals surface area contributed by atoms with Crippen LogP contribution < -0.4 is 4.74 Å². The van der Waals surface area contributed by atoms with Crippen molar-refractivity contribution in [3.05, 3.63) is 60.2 Å². The summed E-state index contributed by atoms with van der Waals surface area (Å²) in [7, 11) is 0. The molecule has 0 fully saturated rings. The van der Waals surface area contributed by atoms with E-state index in [4.69, 9.17) is 4.74 Å². The molecule has 0 aliphatic rings. The largest absolute Gasteiger partial charge is 0.457 e. The Morgan fingerprint density at radius 3 is 2.53 bits per heavy atom. The molecule has 1 heteroatoms. The smallest absolute Gasteiger partial charge is 0.130 e. The molecule has 1 radical (unpaired) electrons. The van der Waals surface area contributed by atoms with Crippen molar-refractivity contribution in [3.63, 3.8) is 0 Å². The quantitative estimate of drug-likeness (QED) is 0.726. The Morgan fingerprint density at radius 2 is 1.80 bits per heavy atom. The van der Waals surface area contributed by atoms with Crippen LogP contribution in [0.5, 0.6) is 11.5 Å². The Balaban J connectivity index is 2.24. The summed E-state index contributed by atoms with van der Waals surface area (Å²) >= 11 is 0. The molecule has 1 nitrogen and oxygen atoms in total. The number of para-hydroxylation sites is 1. The van der Waals surface area contributed by atoms with Crippen LogP contribution in [0.15, 0.2) is 48.5 Å². The second-order valence-corrected chi connectivity index (χ2v) is 3.30. The van der Waals surface area contributed by atoms with Crippen LogP contribution in [0.1, 0.15) is 12.5 Å². The molecule has 0 unspecified atom stereocenters. The number of aryl methyl sites for hydroxylation is 1. The lowest BCUT2D eigenvalue weighted by molar-refractivity contribution is 0.477. The molecule has 0 aromatic heterocycles. The molecule has 0 aliphatic heterocycles. The lowest BCUT2D eigenvalue weighted by Crippen LogP contribution is -1.89. The zero-order chi connectivity index (χ0) is 10.5. The van der Waals surface area contributed by atoms with Gasteiger partial charge in [0.1, 0.15) is 11.5 Å². The van der Waals surface area contributed by atoms with Crippen LogP contribution in [-0.2, 0) is 6.42 Å². The van der Waals surface area contributed by atoms with E-state index in [2.05, 4.69) is 19.1 Å². The Bertz CT molecular complexity index is 420. The average Bonchev–Trinajstić information content (AvgIpc) is 2.31. The van der Waals surface area contributed by atoms with Gasteiger partial charge in [0.15, 0.2) is 0 Å². The standard InChI is InChI=1S/C14H13O/c1-2-12-8-6-7-11-14(12)15-13-9-4-3-5-10-13/h4-11H,2H2,1H3. The van der Waals surface area contributed by atoms with Crippen molar-refractivity contribution in [1.29, 1.82) is 0 Å². The van der Waals surface area contributed by atoms with Crippen LogP contribution in [0.25, 0.3) is 0 Å². The van der Waals surface area contributed by atoms with Crippen molar-refractivity contribution in [2.75, 3.05) is 0 Å². The van der Waals surface area contributed by atoms with Gasteiger partial charge in [0, 0.05) is 0 Å². The van der Waals surface area contributed by atoms with Gasteiger partial charge < -0.3 is 4.74 Å². The topological polar surface area (TPSA) is 9.23 Å². The normalized spacial score (nSPS) is 9.93. The number of ether oxygens (including phenoxy) is 1. The molecule has 15 heavy (non-hydrogen) atoms. The molecule has 0 saturated heterocycles. The first kappa shape index (κ1) is 9.78. The van der Waals surface area contributed by atoms with Crippen LogP contribution in [0, 0.1) is 6.07 Å². The molecule has 0 aliphatic carbocycles. The van der Waals surface area contributed by atoms with Crippen LogP contribution in [0.4, 0.5) is 0 Å². The van der Waals surface area contributed by atoms with Gasteiger partial charge >= 0.3 is 0 Å². The SMILES string of the molecule is CCc1ccccc1Oc1cc[c]cc1. The zero-order valence-electron chi connectivity index (χ0n) is 8.73. The summed E-state index contributed by atoms with van der Waals surface area (Å²) in [5, 5.41) is 0. The highest BCUT2D eigenvalue weighted by atomic mass is 16.5. The average molecular weight is 197 g/mol. The maximum Gasteiger partial charge on any atom is 0.130 e. The van der Waals surface area contributed by atoms with Crippen LogP contribution in [-0.4, -0.2) is 0 Å². The van der Waals surface area contributed by atoms with Gasteiger partial charge in [-0.2, -0.15) is 0 Å². The van der Waals surface area contributed by atoms with Gasteiger partial charge in [-0.3, -0.25) is 0 Å².